The zero-order valence-corrected chi connectivity index (χ0v) is 11.6. The van der Waals surface area contributed by atoms with E-state index in [-0.39, 0.29) is 5.92 Å². The Morgan fingerprint density at radius 3 is 2.28 bits per heavy atom. The number of benzene rings is 1. The van der Waals surface area contributed by atoms with Crippen LogP contribution in [0.25, 0.3) is 0 Å². The van der Waals surface area contributed by atoms with Crippen molar-refractivity contribution in [3.05, 3.63) is 29.8 Å². The number of hydrogen-bond acceptors (Lipinski definition) is 3. The summed E-state index contributed by atoms with van der Waals surface area (Å²) in [4.78, 5) is 0. The van der Waals surface area contributed by atoms with E-state index < -0.39 is 6.10 Å². The Labute approximate surface area is 110 Å². The van der Waals surface area contributed by atoms with Gasteiger partial charge in [0.25, 0.3) is 0 Å². The van der Waals surface area contributed by atoms with Crippen LogP contribution in [-0.4, -0.2) is 18.3 Å². The molecular formula is C15H25NO2. The first-order valence-electron chi connectivity index (χ1n) is 6.71. The second-order valence-electron chi connectivity index (χ2n) is 5.01. The third-order valence-corrected chi connectivity index (χ3v) is 3.23. The molecule has 0 radical (unpaired) electrons. The molecule has 102 valence electrons. The zero-order chi connectivity index (χ0) is 13.5. The first-order chi connectivity index (χ1) is 8.60. The monoisotopic (exact) mass is 251 g/mol. The second kappa shape index (κ2) is 7.39. The minimum absolute atomic E-state index is 0.0902. The molecule has 1 rings (SSSR count). The van der Waals surface area contributed by atoms with Gasteiger partial charge in [0, 0.05) is 5.92 Å². The van der Waals surface area contributed by atoms with Crippen LogP contribution in [0.3, 0.4) is 0 Å². The van der Waals surface area contributed by atoms with E-state index in [2.05, 4.69) is 20.8 Å². The van der Waals surface area contributed by atoms with Crippen molar-refractivity contribution < 1.29 is 9.84 Å². The summed E-state index contributed by atoms with van der Waals surface area (Å²) in [6.07, 6.45) is 0.489. The highest BCUT2D eigenvalue weighted by Gasteiger charge is 2.22. The molecule has 0 aliphatic carbocycles. The molecular weight excluding hydrogens is 226 g/mol. The Bertz CT molecular complexity index is 335. The van der Waals surface area contributed by atoms with E-state index in [1.54, 1.807) is 0 Å². The average molecular weight is 251 g/mol. The summed E-state index contributed by atoms with van der Waals surface area (Å²) >= 11 is 0. The van der Waals surface area contributed by atoms with Crippen LogP contribution < -0.4 is 10.5 Å². The standard InChI is InChI=1S/C15H25NO2/c1-4-9-18-13-7-5-12(6-8-13)15(17)14(10-16)11(2)3/h5-8,11,14-15,17H,4,9-10,16H2,1-3H3. The maximum atomic E-state index is 10.3. The Hall–Kier alpha value is -1.06. The summed E-state index contributed by atoms with van der Waals surface area (Å²) in [6.45, 7) is 7.46. The number of ether oxygens (including phenoxy) is 1. The maximum Gasteiger partial charge on any atom is 0.119 e. The molecule has 3 N–H and O–H groups in total. The van der Waals surface area contributed by atoms with Gasteiger partial charge in [-0.15, -0.1) is 0 Å². The molecule has 18 heavy (non-hydrogen) atoms. The van der Waals surface area contributed by atoms with Crippen molar-refractivity contribution in [2.75, 3.05) is 13.2 Å². The van der Waals surface area contributed by atoms with Crippen molar-refractivity contribution >= 4 is 0 Å². The first kappa shape index (κ1) is 15.0. The minimum atomic E-state index is -0.504. The molecule has 1 aromatic carbocycles. The first-order valence-corrected chi connectivity index (χ1v) is 6.71. The van der Waals surface area contributed by atoms with Gasteiger partial charge in [-0.2, -0.15) is 0 Å². The lowest BCUT2D eigenvalue weighted by Gasteiger charge is -2.25. The van der Waals surface area contributed by atoms with Gasteiger partial charge in [0.1, 0.15) is 5.75 Å². The van der Waals surface area contributed by atoms with Crippen molar-refractivity contribution in [1.82, 2.24) is 0 Å². The average Bonchev–Trinajstić information content (AvgIpc) is 2.37. The predicted molar refractivity (Wildman–Crippen MR) is 74.6 cm³/mol. The van der Waals surface area contributed by atoms with Crippen LogP contribution >= 0.6 is 0 Å². The fourth-order valence-electron chi connectivity index (χ4n) is 1.99. The summed E-state index contributed by atoms with van der Waals surface area (Å²) < 4.78 is 5.52. The quantitative estimate of drug-likeness (QED) is 0.783. The lowest BCUT2D eigenvalue weighted by atomic mass is 9.86. The number of aliphatic hydroxyl groups excluding tert-OH is 1. The minimum Gasteiger partial charge on any atom is -0.494 e. The highest BCUT2D eigenvalue weighted by atomic mass is 16.5. The predicted octanol–water partition coefficient (Wildman–Crippen LogP) is 2.74. The van der Waals surface area contributed by atoms with Gasteiger partial charge in [-0.05, 0) is 36.6 Å². The number of aliphatic hydroxyl groups is 1. The third-order valence-electron chi connectivity index (χ3n) is 3.23. The normalized spacial score (nSPS) is 14.6. The number of nitrogens with two attached hydrogens (primary N) is 1. The molecule has 0 heterocycles. The van der Waals surface area contributed by atoms with Gasteiger partial charge in [-0.1, -0.05) is 32.9 Å². The summed E-state index contributed by atoms with van der Waals surface area (Å²) in [5.74, 6) is 1.30. The Morgan fingerprint density at radius 2 is 1.83 bits per heavy atom. The molecule has 0 saturated carbocycles. The van der Waals surface area contributed by atoms with Gasteiger partial charge < -0.3 is 15.6 Å². The zero-order valence-electron chi connectivity index (χ0n) is 11.6. The summed E-state index contributed by atoms with van der Waals surface area (Å²) in [6, 6.07) is 7.64. The molecule has 2 unspecified atom stereocenters. The lowest BCUT2D eigenvalue weighted by molar-refractivity contribution is 0.0860. The molecule has 0 fully saturated rings. The van der Waals surface area contributed by atoms with Crippen LogP contribution in [0.5, 0.6) is 5.75 Å². The van der Waals surface area contributed by atoms with Gasteiger partial charge >= 0.3 is 0 Å². The smallest absolute Gasteiger partial charge is 0.119 e. The molecule has 0 aromatic heterocycles. The highest BCUT2D eigenvalue weighted by molar-refractivity contribution is 5.28. The van der Waals surface area contributed by atoms with E-state index in [4.69, 9.17) is 10.5 Å². The van der Waals surface area contributed by atoms with E-state index in [0.717, 1.165) is 24.3 Å². The largest absolute Gasteiger partial charge is 0.494 e. The van der Waals surface area contributed by atoms with Crippen molar-refractivity contribution in [2.24, 2.45) is 17.6 Å². The van der Waals surface area contributed by atoms with E-state index in [0.29, 0.717) is 12.5 Å². The molecule has 0 saturated heterocycles. The van der Waals surface area contributed by atoms with Crippen LogP contribution in [0.15, 0.2) is 24.3 Å². The van der Waals surface area contributed by atoms with Crippen molar-refractivity contribution in [2.45, 2.75) is 33.3 Å². The fraction of sp³-hybridized carbons (Fsp3) is 0.600. The Balaban J connectivity index is 2.71. The van der Waals surface area contributed by atoms with E-state index in [1.165, 1.54) is 0 Å². The topological polar surface area (TPSA) is 55.5 Å². The second-order valence-corrected chi connectivity index (χ2v) is 5.01. The van der Waals surface area contributed by atoms with Crippen LogP contribution in [0, 0.1) is 11.8 Å². The molecule has 3 nitrogen and oxygen atoms in total. The highest BCUT2D eigenvalue weighted by Crippen LogP contribution is 2.28. The molecule has 0 amide bonds. The molecule has 0 aliphatic heterocycles. The van der Waals surface area contributed by atoms with Crippen LogP contribution in [0.2, 0.25) is 0 Å². The van der Waals surface area contributed by atoms with E-state index >= 15 is 0 Å². The van der Waals surface area contributed by atoms with Crippen molar-refractivity contribution in [3.63, 3.8) is 0 Å². The van der Waals surface area contributed by atoms with Crippen molar-refractivity contribution in [3.8, 4) is 5.75 Å². The summed E-state index contributed by atoms with van der Waals surface area (Å²) in [5, 5.41) is 10.3. The SMILES string of the molecule is CCCOc1ccc(C(O)C(CN)C(C)C)cc1. The fourth-order valence-corrected chi connectivity index (χ4v) is 1.99. The Kier molecular flexibility index (Phi) is 6.16. The molecule has 0 spiro atoms. The summed E-state index contributed by atoms with van der Waals surface area (Å²) in [7, 11) is 0. The summed E-state index contributed by atoms with van der Waals surface area (Å²) in [5.41, 5.74) is 6.63. The van der Waals surface area contributed by atoms with E-state index in [9.17, 15) is 5.11 Å². The Morgan fingerprint density at radius 1 is 1.22 bits per heavy atom. The van der Waals surface area contributed by atoms with Gasteiger partial charge in [-0.25, -0.2) is 0 Å². The van der Waals surface area contributed by atoms with Crippen LogP contribution in [0.1, 0.15) is 38.9 Å². The maximum absolute atomic E-state index is 10.3. The van der Waals surface area contributed by atoms with Crippen LogP contribution in [0.4, 0.5) is 0 Å². The number of hydrogen-bond donors (Lipinski definition) is 2. The van der Waals surface area contributed by atoms with Gasteiger partial charge in [0.2, 0.25) is 0 Å². The molecule has 0 bridgehead atoms. The lowest BCUT2D eigenvalue weighted by Crippen LogP contribution is -2.26. The third kappa shape index (κ3) is 4.00. The number of rotatable bonds is 7. The van der Waals surface area contributed by atoms with Gasteiger partial charge in [0.15, 0.2) is 0 Å². The molecule has 1 aromatic rings. The molecule has 0 aliphatic rings. The van der Waals surface area contributed by atoms with E-state index in [1.807, 2.05) is 24.3 Å². The van der Waals surface area contributed by atoms with Gasteiger partial charge in [-0.3, -0.25) is 0 Å². The molecule has 3 heteroatoms. The molecule has 2 atom stereocenters. The van der Waals surface area contributed by atoms with Crippen molar-refractivity contribution in [1.29, 1.82) is 0 Å². The van der Waals surface area contributed by atoms with Crippen LogP contribution in [-0.2, 0) is 0 Å². The van der Waals surface area contributed by atoms with Gasteiger partial charge in [0.05, 0.1) is 12.7 Å².